The van der Waals surface area contributed by atoms with Crippen LogP contribution >= 0.6 is 11.6 Å². The lowest BCUT2D eigenvalue weighted by Gasteiger charge is -2.18. The number of rotatable bonds is 3. The minimum absolute atomic E-state index is 0.140. The number of benzene rings is 2. The predicted octanol–water partition coefficient (Wildman–Crippen LogP) is 3.54. The van der Waals surface area contributed by atoms with Crippen LogP contribution in [-0.4, -0.2) is 25.6 Å². The highest BCUT2D eigenvalue weighted by atomic mass is 35.5. The molecule has 5 nitrogen and oxygen atoms in total. The van der Waals surface area contributed by atoms with E-state index in [0.717, 1.165) is 5.56 Å². The van der Waals surface area contributed by atoms with E-state index in [1.165, 1.54) is 7.11 Å². The molecule has 0 fully saturated rings. The van der Waals surface area contributed by atoms with Gasteiger partial charge in [-0.1, -0.05) is 23.7 Å². The van der Waals surface area contributed by atoms with E-state index in [1.807, 2.05) is 0 Å². The molecule has 1 heterocycles. The minimum atomic E-state index is -0.517. The summed E-state index contributed by atoms with van der Waals surface area (Å²) >= 11 is 5.97. The van der Waals surface area contributed by atoms with Gasteiger partial charge in [0.15, 0.2) is 0 Å². The maximum absolute atomic E-state index is 12.5. The second-order valence-electron chi connectivity index (χ2n) is 5.13. The quantitative estimate of drug-likeness (QED) is 0.866. The Morgan fingerprint density at radius 1 is 1.21 bits per heavy atom. The standard InChI is InChI=1S/C18H14ClNO4/c1-23-18(22)14-4-2-3-5-15(14)20-17(21)12-8-11-9-13(19)6-7-16(11)24-10-12/h2-9H,10H2,1H3,(H,20,21). The Labute approximate surface area is 143 Å². The molecule has 2 aromatic rings. The summed E-state index contributed by atoms with van der Waals surface area (Å²) in [6.07, 6.45) is 1.72. The van der Waals surface area contributed by atoms with Crippen molar-refractivity contribution in [3.63, 3.8) is 0 Å². The fourth-order valence-corrected chi connectivity index (χ4v) is 2.54. The third kappa shape index (κ3) is 3.26. The van der Waals surface area contributed by atoms with E-state index in [2.05, 4.69) is 5.32 Å². The number of carbonyl (C=O) groups is 2. The lowest BCUT2D eigenvalue weighted by atomic mass is 10.1. The molecule has 0 aromatic heterocycles. The molecule has 24 heavy (non-hydrogen) atoms. The summed E-state index contributed by atoms with van der Waals surface area (Å²) in [6.45, 7) is 0.140. The lowest BCUT2D eigenvalue weighted by molar-refractivity contribution is -0.113. The zero-order chi connectivity index (χ0) is 17.1. The largest absolute Gasteiger partial charge is 0.488 e. The molecule has 0 spiro atoms. The third-order valence-corrected chi connectivity index (χ3v) is 3.79. The van der Waals surface area contributed by atoms with E-state index in [9.17, 15) is 9.59 Å². The first-order chi connectivity index (χ1) is 11.6. The molecule has 0 saturated carbocycles. The molecule has 1 aliphatic heterocycles. The number of hydrogen-bond donors (Lipinski definition) is 1. The van der Waals surface area contributed by atoms with Crippen LogP contribution in [0.1, 0.15) is 15.9 Å². The molecule has 1 N–H and O–H groups in total. The van der Waals surface area contributed by atoms with E-state index in [0.29, 0.717) is 22.0 Å². The third-order valence-electron chi connectivity index (χ3n) is 3.56. The van der Waals surface area contributed by atoms with Gasteiger partial charge in [-0.3, -0.25) is 4.79 Å². The van der Waals surface area contributed by atoms with Crippen molar-refractivity contribution < 1.29 is 19.1 Å². The topological polar surface area (TPSA) is 64.6 Å². The molecule has 0 aliphatic carbocycles. The molecule has 0 radical (unpaired) electrons. The Morgan fingerprint density at radius 3 is 2.79 bits per heavy atom. The second kappa shape index (κ2) is 6.76. The molecule has 0 atom stereocenters. The van der Waals surface area contributed by atoms with Crippen molar-refractivity contribution in [1.82, 2.24) is 0 Å². The van der Waals surface area contributed by atoms with Crippen LogP contribution in [0.15, 0.2) is 48.0 Å². The Bertz CT molecular complexity index is 845. The van der Waals surface area contributed by atoms with Gasteiger partial charge < -0.3 is 14.8 Å². The number of hydrogen-bond acceptors (Lipinski definition) is 4. The van der Waals surface area contributed by atoms with E-state index in [-0.39, 0.29) is 18.1 Å². The Morgan fingerprint density at radius 2 is 2.00 bits per heavy atom. The van der Waals surface area contributed by atoms with Crippen molar-refractivity contribution in [1.29, 1.82) is 0 Å². The first-order valence-corrected chi connectivity index (χ1v) is 7.58. The summed E-state index contributed by atoms with van der Waals surface area (Å²) in [5, 5.41) is 3.28. The number of carbonyl (C=O) groups excluding carboxylic acids is 2. The molecule has 1 amide bonds. The highest BCUT2D eigenvalue weighted by Gasteiger charge is 2.19. The first-order valence-electron chi connectivity index (χ1n) is 7.20. The molecule has 3 rings (SSSR count). The number of esters is 1. The van der Waals surface area contributed by atoms with Crippen LogP contribution in [0.25, 0.3) is 6.08 Å². The molecule has 0 bridgehead atoms. The molecular formula is C18H14ClNO4. The average molecular weight is 344 g/mol. The summed E-state index contributed by atoms with van der Waals surface area (Å²) in [7, 11) is 1.29. The van der Waals surface area contributed by atoms with Crippen LogP contribution in [-0.2, 0) is 9.53 Å². The fraction of sp³-hybridized carbons (Fsp3) is 0.111. The maximum atomic E-state index is 12.5. The smallest absolute Gasteiger partial charge is 0.339 e. The van der Waals surface area contributed by atoms with Crippen molar-refractivity contribution >= 4 is 35.2 Å². The van der Waals surface area contributed by atoms with Crippen molar-refractivity contribution in [3.8, 4) is 5.75 Å². The zero-order valence-corrected chi connectivity index (χ0v) is 13.6. The predicted molar refractivity (Wildman–Crippen MR) is 91.3 cm³/mol. The van der Waals surface area contributed by atoms with Gasteiger partial charge in [0.2, 0.25) is 0 Å². The normalized spacial score (nSPS) is 12.5. The van der Waals surface area contributed by atoms with Gasteiger partial charge in [0.1, 0.15) is 12.4 Å². The molecular weight excluding hydrogens is 330 g/mol. The highest BCUT2D eigenvalue weighted by molar-refractivity contribution is 6.30. The number of para-hydroxylation sites is 1. The Balaban J connectivity index is 1.85. The van der Waals surface area contributed by atoms with Crippen LogP contribution < -0.4 is 10.1 Å². The number of nitrogens with one attached hydrogen (secondary N) is 1. The number of amides is 1. The van der Waals surface area contributed by atoms with Gasteiger partial charge >= 0.3 is 5.97 Å². The monoisotopic (exact) mass is 343 g/mol. The summed E-state index contributed by atoms with van der Waals surface area (Å²) < 4.78 is 10.3. The SMILES string of the molecule is COC(=O)c1ccccc1NC(=O)C1=Cc2cc(Cl)ccc2OC1. The summed E-state index contributed by atoms with van der Waals surface area (Å²) in [6, 6.07) is 11.9. The fourth-order valence-electron chi connectivity index (χ4n) is 2.36. The first kappa shape index (κ1) is 16.1. The summed E-state index contributed by atoms with van der Waals surface area (Å²) in [5.41, 5.74) is 1.84. The van der Waals surface area contributed by atoms with Gasteiger partial charge in [0.25, 0.3) is 5.91 Å². The van der Waals surface area contributed by atoms with Gasteiger partial charge in [-0.15, -0.1) is 0 Å². The Hall–Kier alpha value is -2.79. The number of halogens is 1. The molecule has 1 aliphatic rings. The molecule has 0 saturated heterocycles. The van der Waals surface area contributed by atoms with Crippen molar-refractivity contribution in [3.05, 3.63) is 64.2 Å². The molecule has 2 aromatic carbocycles. The van der Waals surface area contributed by atoms with E-state index in [4.69, 9.17) is 21.1 Å². The van der Waals surface area contributed by atoms with Crippen molar-refractivity contribution in [2.45, 2.75) is 0 Å². The van der Waals surface area contributed by atoms with Crippen LogP contribution in [0.4, 0.5) is 5.69 Å². The Kier molecular flexibility index (Phi) is 4.53. The molecule has 6 heteroatoms. The maximum Gasteiger partial charge on any atom is 0.339 e. The van der Waals surface area contributed by atoms with Crippen molar-refractivity contribution in [2.75, 3.05) is 19.0 Å². The van der Waals surface area contributed by atoms with E-state index >= 15 is 0 Å². The zero-order valence-electron chi connectivity index (χ0n) is 12.8. The van der Waals surface area contributed by atoms with Gasteiger partial charge in [0.05, 0.1) is 23.9 Å². The van der Waals surface area contributed by atoms with Gasteiger partial charge in [0, 0.05) is 10.6 Å². The lowest BCUT2D eigenvalue weighted by Crippen LogP contribution is -2.22. The number of ether oxygens (including phenoxy) is 2. The van der Waals surface area contributed by atoms with Crippen LogP contribution in [0.3, 0.4) is 0 Å². The van der Waals surface area contributed by atoms with Crippen LogP contribution in [0.2, 0.25) is 5.02 Å². The van der Waals surface area contributed by atoms with Crippen molar-refractivity contribution in [2.24, 2.45) is 0 Å². The van der Waals surface area contributed by atoms with E-state index in [1.54, 1.807) is 48.5 Å². The van der Waals surface area contributed by atoms with Gasteiger partial charge in [-0.2, -0.15) is 0 Å². The number of methoxy groups -OCH3 is 1. The second-order valence-corrected chi connectivity index (χ2v) is 5.57. The van der Waals surface area contributed by atoms with Crippen LogP contribution in [0.5, 0.6) is 5.75 Å². The number of fused-ring (bicyclic) bond motifs is 1. The molecule has 122 valence electrons. The minimum Gasteiger partial charge on any atom is -0.488 e. The van der Waals surface area contributed by atoms with E-state index < -0.39 is 5.97 Å². The number of anilines is 1. The highest BCUT2D eigenvalue weighted by Crippen LogP contribution is 2.29. The summed E-state index contributed by atoms with van der Waals surface area (Å²) in [5.74, 6) is -0.195. The van der Waals surface area contributed by atoms with Gasteiger partial charge in [-0.05, 0) is 36.4 Å². The molecule has 0 unspecified atom stereocenters. The summed E-state index contributed by atoms with van der Waals surface area (Å²) in [4.78, 5) is 24.2. The average Bonchev–Trinajstić information content (AvgIpc) is 2.60. The van der Waals surface area contributed by atoms with Gasteiger partial charge in [-0.25, -0.2) is 4.79 Å². The van der Waals surface area contributed by atoms with Crippen LogP contribution in [0, 0.1) is 0 Å².